The summed E-state index contributed by atoms with van der Waals surface area (Å²) >= 11 is 0. The Hall–Kier alpha value is -2.60. The molecule has 162 valence electrons. The second-order valence-electron chi connectivity index (χ2n) is 7.99. The van der Waals surface area contributed by atoms with Crippen molar-refractivity contribution in [2.24, 2.45) is 23.5 Å². The third-order valence-corrected chi connectivity index (χ3v) is 7.82. The minimum atomic E-state index is -2.62. The van der Waals surface area contributed by atoms with E-state index in [1.54, 1.807) is 6.08 Å². The highest BCUT2D eigenvalue weighted by Crippen LogP contribution is 2.52. The van der Waals surface area contributed by atoms with Gasteiger partial charge in [0.05, 0.1) is 17.4 Å². The highest BCUT2D eigenvalue weighted by molar-refractivity contribution is 8.25. The van der Waals surface area contributed by atoms with Gasteiger partial charge < -0.3 is 10.6 Å². The standard InChI is InChI=1S/C19H24N4O6S/c20-16(24)15-8-19(23-29-15,13-4-2-1-3-5-13)14-6-11(7-14)17(25)21-22-18(26)12-9-30(27,28)10-12/h1-5,8,11-12,14,23,27-28H,6-7,9-10H2,(H2,20,24)(H,21,25)(H,22,26). The molecule has 1 saturated carbocycles. The summed E-state index contributed by atoms with van der Waals surface area (Å²) < 4.78 is 18.7. The van der Waals surface area contributed by atoms with E-state index in [-0.39, 0.29) is 35.0 Å². The Bertz CT molecular complexity index is 894. The summed E-state index contributed by atoms with van der Waals surface area (Å²) in [5.74, 6) is -2.16. The maximum Gasteiger partial charge on any atom is 0.286 e. The third-order valence-electron chi connectivity index (χ3n) is 5.95. The largest absolute Gasteiger partial charge is 0.402 e. The molecular weight excluding hydrogens is 412 g/mol. The van der Waals surface area contributed by atoms with Crippen LogP contribution in [-0.2, 0) is 24.8 Å². The van der Waals surface area contributed by atoms with Crippen LogP contribution in [0.3, 0.4) is 0 Å². The zero-order valence-corrected chi connectivity index (χ0v) is 16.9. The molecule has 30 heavy (non-hydrogen) atoms. The molecule has 1 aliphatic carbocycles. The van der Waals surface area contributed by atoms with Crippen LogP contribution < -0.4 is 22.1 Å². The van der Waals surface area contributed by atoms with E-state index in [2.05, 4.69) is 16.3 Å². The van der Waals surface area contributed by atoms with E-state index in [9.17, 15) is 23.5 Å². The normalized spacial score (nSPS) is 30.7. The second kappa shape index (κ2) is 7.58. The molecule has 1 aromatic rings. The lowest BCUT2D eigenvalue weighted by molar-refractivity contribution is -0.136. The van der Waals surface area contributed by atoms with Crippen LogP contribution in [0.2, 0.25) is 0 Å². The van der Waals surface area contributed by atoms with Crippen molar-refractivity contribution < 1.29 is 28.3 Å². The number of nitrogens with one attached hydrogen (secondary N) is 3. The number of rotatable bonds is 5. The van der Waals surface area contributed by atoms with Gasteiger partial charge in [0.1, 0.15) is 5.54 Å². The zero-order chi connectivity index (χ0) is 21.5. The third kappa shape index (κ3) is 3.76. The summed E-state index contributed by atoms with van der Waals surface area (Å²) in [5.41, 5.74) is 13.2. The highest BCUT2D eigenvalue weighted by atomic mass is 32.3. The number of benzene rings is 1. The molecule has 1 atom stereocenters. The average Bonchev–Trinajstić information content (AvgIpc) is 3.10. The molecule has 1 saturated heterocycles. The van der Waals surface area contributed by atoms with E-state index in [4.69, 9.17) is 10.6 Å². The molecule has 0 radical (unpaired) electrons. The van der Waals surface area contributed by atoms with Crippen LogP contribution in [0.4, 0.5) is 0 Å². The average molecular weight is 436 g/mol. The minimum absolute atomic E-state index is 0.0252. The lowest BCUT2D eigenvalue weighted by Crippen LogP contribution is -2.55. The van der Waals surface area contributed by atoms with Crippen molar-refractivity contribution in [3.8, 4) is 0 Å². The number of amides is 3. The van der Waals surface area contributed by atoms with Crippen LogP contribution in [0.5, 0.6) is 0 Å². The van der Waals surface area contributed by atoms with E-state index in [0.717, 1.165) is 5.56 Å². The van der Waals surface area contributed by atoms with Crippen molar-refractivity contribution in [1.82, 2.24) is 16.3 Å². The molecule has 2 heterocycles. The first kappa shape index (κ1) is 20.7. The number of nitrogens with two attached hydrogens (primary N) is 1. The fraction of sp³-hybridized carbons (Fsp3) is 0.421. The van der Waals surface area contributed by atoms with Gasteiger partial charge in [0.25, 0.3) is 5.91 Å². The fourth-order valence-corrected chi connectivity index (χ4v) is 5.59. The Kier molecular flexibility index (Phi) is 5.22. The van der Waals surface area contributed by atoms with Gasteiger partial charge in [-0.1, -0.05) is 30.3 Å². The predicted molar refractivity (Wildman–Crippen MR) is 108 cm³/mol. The van der Waals surface area contributed by atoms with Crippen LogP contribution in [0, 0.1) is 17.8 Å². The van der Waals surface area contributed by atoms with E-state index in [1.165, 1.54) is 0 Å². The van der Waals surface area contributed by atoms with Gasteiger partial charge in [-0.05, 0) is 30.4 Å². The minimum Gasteiger partial charge on any atom is -0.402 e. The maximum absolute atomic E-state index is 12.4. The van der Waals surface area contributed by atoms with Crippen LogP contribution in [0.25, 0.3) is 0 Å². The molecule has 2 fully saturated rings. The molecule has 4 rings (SSSR count). The molecule has 11 heteroatoms. The van der Waals surface area contributed by atoms with Crippen molar-refractivity contribution in [3.05, 3.63) is 47.7 Å². The SMILES string of the molecule is NC(=O)C1=CC(c2ccccc2)(C2CC(C(=O)NNC(=O)C3CS(O)(O)C3)C2)NO1. The first-order valence-electron chi connectivity index (χ1n) is 9.56. The van der Waals surface area contributed by atoms with Crippen molar-refractivity contribution >= 4 is 28.3 Å². The summed E-state index contributed by atoms with van der Waals surface area (Å²) in [5, 5.41) is 0. The van der Waals surface area contributed by atoms with E-state index in [1.807, 2.05) is 30.3 Å². The summed E-state index contributed by atoms with van der Waals surface area (Å²) in [6.45, 7) is 0. The topological polar surface area (TPSA) is 163 Å². The molecule has 1 aromatic carbocycles. The van der Waals surface area contributed by atoms with E-state index < -0.39 is 33.9 Å². The van der Waals surface area contributed by atoms with Gasteiger partial charge in [0.15, 0.2) is 0 Å². The second-order valence-corrected chi connectivity index (χ2v) is 10.3. The molecule has 2 aliphatic heterocycles. The highest BCUT2D eigenvalue weighted by Gasteiger charge is 2.51. The lowest BCUT2D eigenvalue weighted by atomic mass is 9.62. The zero-order valence-electron chi connectivity index (χ0n) is 16.0. The van der Waals surface area contributed by atoms with Crippen molar-refractivity contribution in [1.29, 1.82) is 0 Å². The summed E-state index contributed by atoms with van der Waals surface area (Å²) in [7, 11) is -2.62. The number of hydroxylamine groups is 1. The molecule has 1 unspecified atom stereocenters. The fourth-order valence-electron chi connectivity index (χ4n) is 4.10. The van der Waals surface area contributed by atoms with Gasteiger partial charge in [0.2, 0.25) is 17.6 Å². The number of hydrogen-bond donors (Lipinski definition) is 6. The van der Waals surface area contributed by atoms with Gasteiger partial charge in [0, 0.05) is 5.92 Å². The number of primary amides is 1. The van der Waals surface area contributed by atoms with Crippen LogP contribution in [0.15, 0.2) is 42.2 Å². The Morgan fingerprint density at radius 1 is 1.07 bits per heavy atom. The van der Waals surface area contributed by atoms with Crippen LogP contribution in [-0.4, -0.2) is 38.3 Å². The maximum atomic E-state index is 12.4. The van der Waals surface area contributed by atoms with E-state index in [0.29, 0.717) is 12.8 Å². The van der Waals surface area contributed by atoms with Gasteiger partial charge in [-0.25, -0.2) is 0 Å². The van der Waals surface area contributed by atoms with Gasteiger partial charge >= 0.3 is 0 Å². The number of carbonyl (C=O) groups excluding carboxylic acids is 3. The molecular formula is C19H24N4O6S. The summed E-state index contributed by atoms with van der Waals surface area (Å²) in [4.78, 5) is 41.2. The summed E-state index contributed by atoms with van der Waals surface area (Å²) in [6, 6.07) is 9.46. The van der Waals surface area contributed by atoms with Crippen LogP contribution >= 0.6 is 10.6 Å². The van der Waals surface area contributed by atoms with Crippen molar-refractivity contribution in [2.45, 2.75) is 18.4 Å². The van der Waals surface area contributed by atoms with Gasteiger partial charge in [-0.2, -0.15) is 10.6 Å². The molecule has 7 N–H and O–H groups in total. The molecule has 0 aromatic heterocycles. The molecule has 0 bridgehead atoms. The Morgan fingerprint density at radius 3 is 2.20 bits per heavy atom. The predicted octanol–water partition coefficient (Wildman–Crippen LogP) is 0.340. The Labute approximate surface area is 174 Å². The quantitative estimate of drug-likeness (QED) is 0.362. The molecule has 10 nitrogen and oxygen atoms in total. The Balaban J connectivity index is 1.36. The number of hydrogen-bond acceptors (Lipinski definition) is 7. The first-order valence-corrected chi connectivity index (χ1v) is 11.4. The van der Waals surface area contributed by atoms with Crippen molar-refractivity contribution in [2.75, 3.05) is 11.5 Å². The first-order chi connectivity index (χ1) is 14.2. The smallest absolute Gasteiger partial charge is 0.286 e. The monoisotopic (exact) mass is 436 g/mol. The lowest BCUT2D eigenvalue weighted by Gasteiger charge is -2.46. The molecule has 3 aliphatic rings. The van der Waals surface area contributed by atoms with E-state index >= 15 is 0 Å². The molecule has 0 spiro atoms. The summed E-state index contributed by atoms with van der Waals surface area (Å²) in [6.07, 6.45) is 2.69. The molecule has 3 amide bonds. The Morgan fingerprint density at radius 2 is 1.67 bits per heavy atom. The number of carbonyl (C=O) groups is 3. The van der Waals surface area contributed by atoms with Crippen molar-refractivity contribution in [3.63, 3.8) is 0 Å². The van der Waals surface area contributed by atoms with Gasteiger partial charge in [-0.15, -0.1) is 5.48 Å². The van der Waals surface area contributed by atoms with Gasteiger partial charge in [-0.3, -0.25) is 34.3 Å². The van der Waals surface area contributed by atoms with Crippen LogP contribution in [0.1, 0.15) is 18.4 Å². The number of hydrazine groups is 1.